The van der Waals surface area contributed by atoms with Gasteiger partial charge in [-0.2, -0.15) is 0 Å². The lowest BCUT2D eigenvalue weighted by molar-refractivity contribution is -0.121. The molecule has 0 aliphatic rings. The second-order valence-corrected chi connectivity index (χ2v) is 5.10. The minimum atomic E-state index is -3.43. The lowest BCUT2D eigenvalue weighted by Gasteiger charge is -2.05. The number of alkyl halides is 1. The van der Waals surface area contributed by atoms with Crippen LogP contribution in [0.4, 0.5) is 0 Å². The lowest BCUT2D eigenvalue weighted by Crippen LogP contribution is -2.32. The van der Waals surface area contributed by atoms with Crippen LogP contribution in [0, 0.1) is 0 Å². The zero-order valence-electron chi connectivity index (χ0n) is 8.45. The summed E-state index contributed by atoms with van der Waals surface area (Å²) in [7, 11) is -1.90. The molecule has 6 nitrogen and oxygen atoms in total. The molecular weight excluding hydrogens is 244 g/mol. The first-order chi connectivity index (χ1) is 7.02. The van der Waals surface area contributed by atoms with Gasteiger partial charge in [-0.1, -0.05) is 0 Å². The van der Waals surface area contributed by atoms with Crippen molar-refractivity contribution in [3.8, 4) is 0 Å². The average molecular weight is 259 g/mol. The molecule has 0 aromatic rings. The molecule has 0 fully saturated rings. The van der Waals surface area contributed by atoms with Gasteiger partial charge in [0.1, 0.15) is 5.21 Å². The van der Waals surface area contributed by atoms with Gasteiger partial charge in [0, 0.05) is 26.6 Å². The average Bonchev–Trinajstić information content (AvgIpc) is 2.18. The highest BCUT2D eigenvalue weighted by molar-refractivity contribution is 7.90. The molecule has 1 amide bonds. The van der Waals surface area contributed by atoms with E-state index in [9.17, 15) is 13.2 Å². The van der Waals surface area contributed by atoms with E-state index in [1.54, 1.807) is 0 Å². The molecule has 0 aromatic heterocycles. The summed E-state index contributed by atoms with van der Waals surface area (Å²) in [5.41, 5.74) is 0. The van der Waals surface area contributed by atoms with E-state index in [0.29, 0.717) is 13.2 Å². The number of carbonyl (C=O) groups is 1. The fourth-order valence-electron chi connectivity index (χ4n) is 0.740. The Hall–Kier alpha value is -0.370. The number of ether oxygens (including phenoxy) is 1. The molecule has 2 N–H and O–H groups in total. The quantitative estimate of drug-likeness (QED) is 0.443. The van der Waals surface area contributed by atoms with Gasteiger partial charge in [0.25, 0.3) is 0 Å². The molecule has 0 aliphatic carbocycles. The highest BCUT2D eigenvalue weighted by atomic mass is 35.5. The van der Waals surface area contributed by atoms with Crippen molar-refractivity contribution in [1.82, 2.24) is 10.0 Å². The van der Waals surface area contributed by atoms with Crippen LogP contribution in [-0.2, 0) is 19.6 Å². The molecular formula is C7H15ClN2O4S. The molecule has 0 aliphatic heterocycles. The normalized spacial score (nSPS) is 11.3. The van der Waals surface area contributed by atoms with Crippen LogP contribution in [0.15, 0.2) is 0 Å². The Morgan fingerprint density at radius 2 is 2.07 bits per heavy atom. The van der Waals surface area contributed by atoms with Crippen LogP contribution >= 0.6 is 11.6 Å². The first-order valence-corrected chi connectivity index (χ1v) is 6.49. The minimum Gasteiger partial charge on any atom is -0.383 e. The van der Waals surface area contributed by atoms with Gasteiger partial charge in [-0.25, -0.2) is 13.1 Å². The molecule has 0 saturated carbocycles. The van der Waals surface area contributed by atoms with Crippen LogP contribution in [0.2, 0.25) is 0 Å². The first kappa shape index (κ1) is 14.6. The van der Waals surface area contributed by atoms with Crippen molar-refractivity contribution in [3.63, 3.8) is 0 Å². The SMILES string of the molecule is COCCNC(=O)CCNS(=O)(=O)CCl. The third kappa shape index (κ3) is 8.61. The number of hydrogen-bond acceptors (Lipinski definition) is 4. The van der Waals surface area contributed by atoms with E-state index >= 15 is 0 Å². The zero-order chi connectivity index (χ0) is 11.7. The van der Waals surface area contributed by atoms with Gasteiger partial charge in [-0.15, -0.1) is 11.6 Å². The molecule has 8 heteroatoms. The van der Waals surface area contributed by atoms with Crippen LogP contribution in [0.1, 0.15) is 6.42 Å². The topological polar surface area (TPSA) is 84.5 Å². The van der Waals surface area contributed by atoms with Crippen LogP contribution < -0.4 is 10.0 Å². The summed E-state index contributed by atoms with van der Waals surface area (Å²) >= 11 is 5.14. The molecule has 15 heavy (non-hydrogen) atoms. The number of amides is 1. The van der Waals surface area contributed by atoms with Gasteiger partial charge in [-0.3, -0.25) is 4.79 Å². The van der Waals surface area contributed by atoms with Crippen molar-refractivity contribution in [2.24, 2.45) is 0 Å². The summed E-state index contributed by atoms with van der Waals surface area (Å²) in [5.74, 6) is -0.232. The van der Waals surface area contributed by atoms with Crippen molar-refractivity contribution in [1.29, 1.82) is 0 Å². The van der Waals surface area contributed by atoms with E-state index in [2.05, 4.69) is 10.0 Å². The standard InChI is InChI=1S/C7H15ClN2O4S/c1-14-5-4-9-7(11)2-3-10-15(12,13)6-8/h10H,2-6H2,1H3,(H,9,11). The number of methoxy groups -OCH3 is 1. The maximum atomic E-state index is 11.1. The van der Waals surface area contributed by atoms with Gasteiger partial charge in [0.2, 0.25) is 15.9 Å². The Morgan fingerprint density at radius 1 is 1.40 bits per heavy atom. The minimum absolute atomic E-state index is 0.0495. The maximum absolute atomic E-state index is 11.1. The van der Waals surface area contributed by atoms with Crippen LogP contribution in [0.5, 0.6) is 0 Å². The van der Waals surface area contributed by atoms with E-state index in [4.69, 9.17) is 16.3 Å². The Bertz CT molecular complexity index is 281. The molecule has 0 spiro atoms. The van der Waals surface area contributed by atoms with Gasteiger partial charge in [0.15, 0.2) is 0 Å². The predicted octanol–water partition coefficient (Wildman–Crippen LogP) is -0.745. The van der Waals surface area contributed by atoms with Crippen LogP contribution in [-0.4, -0.2) is 46.3 Å². The van der Waals surface area contributed by atoms with E-state index < -0.39 is 15.2 Å². The first-order valence-electron chi connectivity index (χ1n) is 4.31. The van der Waals surface area contributed by atoms with Crippen molar-refractivity contribution >= 4 is 27.5 Å². The number of nitrogens with one attached hydrogen (secondary N) is 2. The third-order valence-corrected chi connectivity index (χ3v) is 3.24. The zero-order valence-corrected chi connectivity index (χ0v) is 10.0. The molecule has 0 aromatic carbocycles. The predicted molar refractivity (Wildman–Crippen MR) is 57.1 cm³/mol. The summed E-state index contributed by atoms with van der Waals surface area (Å²) in [6, 6.07) is 0. The van der Waals surface area contributed by atoms with Crippen molar-refractivity contribution < 1.29 is 17.9 Å². The maximum Gasteiger partial charge on any atom is 0.225 e. The molecule has 0 atom stereocenters. The number of sulfonamides is 1. The van der Waals surface area contributed by atoms with Crippen LogP contribution in [0.3, 0.4) is 0 Å². The van der Waals surface area contributed by atoms with Gasteiger partial charge >= 0.3 is 0 Å². The highest BCUT2D eigenvalue weighted by Crippen LogP contribution is 1.88. The number of halogens is 1. The molecule has 0 rings (SSSR count). The lowest BCUT2D eigenvalue weighted by atomic mass is 10.4. The summed E-state index contributed by atoms with van der Waals surface area (Å²) < 4.78 is 28.6. The van der Waals surface area contributed by atoms with E-state index in [1.165, 1.54) is 7.11 Å². The van der Waals surface area contributed by atoms with Gasteiger partial charge in [-0.05, 0) is 0 Å². The Kier molecular flexibility index (Phi) is 7.67. The second-order valence-electron chi connectivity index (χ2n) is 2.71. The van der Waals surface area contributed by atoms with Crippen LogP contribution in [0.25, 0.3) is 0 Å². The molecule has 90 valence electrons. The van der Waals surface area contributed by atoms with E-state index in [0.717, 1.165) is 0 Å². The molecule has 0 saturated heterocycles. The Morgan fingerprint density at radius 3 is 2.60 bits per heavy atom. The fourth-order valence-corrected chi connectivity index (χ4v) is 1.46. The second kappa shape index (κ2) is 7.86. The van der Waals surface area contributed by atoms with Crippen molar-refractivity contribution in [2.45, 2.75) is 6.42 Å². The van der Waals surface area contributed by atoms with E-state index in [1.807, 2.05) is 0 Å². The largest absolute Gasteiger partial charge is 0.383 e. The summed E-state index contributed by atoms with van der Waals surface area (Å²) in [6.07, 6.45) is 0.0832. The fraction of sp³-hybridized carbons (Fsp3) is 0.857. The van der Waals surface area contributed by atoms with Gasteiger partial charge < -0.3 is 10.1 Å². The number of rotatable bonds is 8. The molecule has 0 radical (unpaired) electrons. The third-order valence-electron chi connectivity index (χ3n) is 1.45. The molecule has 0 bridgehead atoms. The van der Waals surface area contributed by atoms with Crippen molar-refractivity contribution in [2.75, 3.05) is 32.0 Å². The number of carbonyl (C=O) groups excluding carboxylic acids is 1. The molecule has 0 unspecified atom stereocenters. The monoisotopic (exact) mass is 258 g/mol. The Balaban J connectivity index is 3.55. The van der Waals surface area contributed by atoms with E-state index in [-0.39, 0.29) is 18.9 Å². The summed E-state index contributed by atoms with van der Waals surface area (Å²) in [4.78, 5) is 11.1. The summed E-state index contributed by atoms with van der Waals surface area (Å²) in [5, 5.41) is 2.05. The van der Waals surface area contributed by atoms with Gasteiger partial charge in [0.05, 0.1) is 6.61 Å². The summed E-state index contributed by atoms with van der Waals surface area (Å²) in [6.45, 7) is 0.893. The smallest absolute Gasteiger partial charge is 0.225 e. The highest BCUT2D eigenvalue weighted by Gasteiger charge is 2.08. The Labute approximate surface area is 94.4 Å². The van der Waals surface area contributed by atoms with Crippen molar-refractivity contribution in [3.05, 3.63) is 0 Å². The number of hydrogen-bond donors (Lipinski definition) is 2. The molecule has 0 heterocycles.